The lowest BCUT2D eigenvalue weighted by atomic mass is 10.1. The Hall–Kier alpha value is -1.10. The van der Waals surface area contributed by atoms with Gasteiger partial charge in [-0.3, -0.25) is 0 Å². The summed E-state index contributed by atoms with van der Waals surface area (Å²) in [6, 6.07) is 5.40. The minimum Gasteiger partial charge on any atom is -0.372 e. The van der Waals surface area contributed by atoms with Gasteiger partial charge in [-0.15, -0.1) is 0 Å². The third kappa shape index (κ3) is 3.81. The molecule has 0 aliphatic carbocycles. The maximum atomic E-state index is 12.5. The van der Waals surface area contributed by atoms with Crippen LogP contribution >= 0.6 is 0 Å². The van der Waals surface area contributed by atoms with E-state index < -0.39 is 18.1 Å². The number of hydrogen-bond donors (Lipinski definition) is 0. The summed E-state index contributed by atoms with van der Waals surface area (Å²) in [7, 11) is 1.03. The zero-order chi connectivity index (χ0) is 12.2. The van der Waals surface area contributed by atoms with Crippen LogP contribution in [0.25, 0.3) is 0 Å². The fraction of sp³-hybridized carbons (Fsp3) is 0.455. The highest BCUT2D eigenvalue weighted by Crippen LogP contribution is 2.25. The number of rotatable bonds is 4. The van der Waals surface area contributed by atoms with Gasteiger partial charge in [0.25, 0.3) is 0 Å². The second-order valence-corrected chi connectivity index (χ2v) is 3.43. The predicted molar refractivity (Wildman–Crippen MR) is 51.6 cm³/mol. The third-order valence-electron chi connectivity index (χ3n) is 2.26. The van der Waals surface area contributed by atoms with E-state index in [4.69, 9.17) is 0 Å². The van der Waals surface area contributed by atoms with Crippen LogP contribution in [0.4, 0.5) is 17.6 Å². The molecule has 1 aromatic carbocycles. The van der Waals surface area contributed by atoms with Crippen LogP contribution in [0.15, 0.2) is 24.3 Å². The normalized spacial score (nSPS) is 13.8. The van der Waals surface area contributed by atoms with Crippen molar-refractivity contribution in [3.63, 3.8) is 0 Å². The molecule has 0 fully saturated rings. The van der Waals surface area contributed by atoms with Crippen LogP contribution < -0.4 is 0 Å². The molecular weight excluding hydrogens is 224 g/mol. The molecule has 0 spiro atoms. The Morgan fingerprint density at radius 1 is 1.19 bits per heavy atom. The number of benzene rings is 1. The standard InChI is InChI=1S/C11H12F4O/c1-16-10(11(13,14)15)7-4-8-2-5-9(12)6-3-8/h2-3,5-6,10H,4,7H2,1H3. The second-order valence-electron chi connectivity index (χ2n) is 3.43. The molecule has 0 amide bonds. The molecule has 1 unspecified atom stereocenters. The molecule has 0 N–H and O–H groups in total. The third-order valence-corrected chi connectivity index (χ3v) is 2.26. The maximum absolute atomic E-state index is 12.5. The van der Waals surface area contributed by atoms with Gasteiger partial charge in [-0.2, -0.15) is 13.2 Å². The Labute approximate surface area is 91.0 Å². The summed E-state index contributed by atoms with van der Waals surface area (Å²) in [6.07, 6.45) is -6.07. The number of alkyl halides is 3. The van der Waals surface area contributed by atoms with Crippen LogP contribution in [-0.2, 0) is 11.2 Å². The van der Waals surface area contributed by atoms with Crippen molar-refractivity contribution >= 4 is 0 Å². The number of aryl methyl sites for hydroxylation is 1. The SMILES string of the molecule is COC(CCc1ccc(F)cc1)C(F)(F)F. The van der Waals surface area contributed by atoms with E-state index in [1.54, 1.807) is 0 Å². The first-order valence-electron chi connectivity index (χ1n) is 4.77. The van der Waals surface area contributed by atoms with E-state index in [1.165, 1.54) is 24.3 Å². The van der Waals surface area contributed by atoms with Crippen molar-refractivity contribution < 1.29 is 22.3 Å². The Bertz CT molecular complexity index is 318. The van der Waals surface area contributed by atoms with Crippen molar-refractivity contribution in [3.8, 4) is 0 Å². The van der Waals surface area contributed by atoms with Crippen molar-refractivity contribution in [2.24, 2.45) is 0 Å². The molecule has 0 aromatic heterocycles. The first-order chi connectivity index (χ1) is 7.43. The highest BCUT2D eigenvalue weighted by molar-refractivity contribution is 5.16. The summed E-state index contributed by atoms with van der Waals surface area (Å²) in [5.74, 6) is -0.400. The molecule has 0 saturated carbocycles. The summed E-state index contributed by atoms with van der Waals surface area (Å²) in [4.78, 5) is 0. The Balaban J connectivity index is 2.53. The summed E-state index contributed by atoms with van der Waals surface area (Å²) >= 11 is 0. The minimum absolute atomic E-state index is 0.161. The molecule has 0 aliphatic rings. The molecule has 1 aromatic rings. The van der Waals surface area contributed by atoms with Crippen LogP contribution in [0.1, 0.15) is 12.0 Å². The van der Waals surface area contributed by atoms with Gasteiger partial charge in [-0.25, -0.2) is 4.39 Å². The quantitative estimate of drug-likeness (QED) is 0.728. The van der Waals surface area contributed by atoms with Gasteiger partial charge in [-0.1, -0.05) is 12.1 Å². The lowest BCUT2D eigenvalue weighted by molar-refractivity contribution is -0.214. The van der Waals surface area contributed by atoms with E-state index >= 15 is 0 Å². The number of hydrogen-bond acceptors (Lipinski definition) is 1. The Morgan fingerprint density at radius 3 is 2.19 bits per heavy atom. The molecule has 0 bridgehead atoms. The summed E-state index contributed by atoms with van der Waals surface area (Å²) in [5, 5.41) is 0. The van der Waals surface area contributed by atoms with Crippen molar-refractivity contribution in [2.45, 2.75) is 25.1 Å². The molecule has 90 valence electrons. The molecule has 0 radical (unpaired) electrons. The van der Waals surface area contributed by atoms with Gasteiger partial charge in [0.1, 0.15) is 5.82 Å². The lowest BCUT2D eigenvalue weighted by Crippen LogP contribution is -2.31. The molecular formula is C11H12F4O. The van der Waals surface area contributed by atoms with E-state index in [0.717, 1.165) is 7.11 Å². The molecule has 1 atom stereocenters. The van der Waals surface area contributed by atoms with E-state index in [2.05, 4.69) is 4.74 Å². The van der Waals surface area contributed by atoms with Gasteiger partial charge in [0.15, 0.2) is 6.10 Å². The molecule has 16 heavy (non-hydrogen) atoms. The average Bonchev–Trinajstić information content (AvgIpc) is 2.19. The van der Waals surface area contributed by atoms with Gasteiger partial charge in [0.2, 0.25) is 0 Å². The van der Waals surface area contributed by atoms with Crippen molar-refractivity contribution in [3.05, 3.63) is 35.6 Å². The van der Waals surface area contributed by atoms with Crippen molar-refractivity contribution in [1.82, 2.24) is 0 Å². The highest BCUT2D eigenvalue weighted by Gasteiger charge is 2.39. The Morgan fingerprint density at radius 2 is 1.75 bits per heavy atom. The molecule has 0 heterocycles. The minimum atomic E-state index is -4.35. The first-order valence-corrected chi connectivity index (χ1v) is 4.77. The monoisotopic (exact) mass is 236 g/mol. The number of halogens is 4. The van der Waals surface area contributed by atoms with E-state index in [9.17, 15) is 17.6 Å². The maximum Gasteiger partial charge on any atom is 0.414 e. The smallest absolute Gasteiger partial charge is 0.372 e. The molecule has 0 saturated heterocycles. The summed E-state index contributed by atoms with van der Waals surface area (Å²) in [6.45, 7) is 0. The largest absolute Gasteiger partial charge is 0.414 e. The van der Waals surface area contributed by atoms with Crippen molar-refractivity contribution in [2.75, 3.05) is 7.11 Å². The fourth-order valence-corrected chi connectivity index (χ4v) is 1.36. The topological polar surface area (TPSA) is 9.23 Å². The Kier molecular flexibility index (Phi) is 4.29. The van der Waals surface area contributed by atoms with E-state index in [0.29, 0.717) is 5.56 Å². The molecule has 1 nitrogen and oxygen atoms in total. The van der Waals surface area contributed by atoms with Gasteiger partial charge in [-0.05, 0) is 30.5 Å². The number of methoxy groups -OCH3 is 1. The lowest BCUT2D eigenvalue weighted by Gasteiger charge is -2.18. The van der Waals surface area contributed by atoms with Gasteiger partial charge >= 0.3 is 6.18 Å². The van der Waals surface area contributed by atoms with Crippen molar-refractivity contribution in [1.29, 1.82) is 0 Å². The predicted octanol–water partition coefficient (Wildman–Crippen LogP) is 3.34. The van der Waals surface area contributed by atoms with Crippen LogP contribution in [0.3, 0.4) is 0 Å². The highest BCUT2D eigenvalue weighted by atomic mass is 19.4. The van der Waals surface area contributed by atoms with Crippen LogP contribution in [0, 0.1) is 5.82 Å². The fourth-order valence-electron chi connectivity index (χ4n) is 1.36. The van der Waals surface area contributed by atoms with Crippen LogP contribution in [0.2, 0.25) is 0 Å². The van der Waals surface area contributed by atoms with E-state index in [1.807, 2.05) is 0 Å². The molecule has 5 heteroatoms. The first kappa shape index (κ1) is 13.0. The summed E-state index contributed by atoms with van der Waals surface area (Å²) < 4.78 is 53.8. The van der Waals surface area contributed by atoms with E-state index in [-0.39, 0.29) is 12.8 Å². The van der Waals surface area contributed by atoms with Gasteiger partial charge < -0.3 is 4.74 Å². The van der Waals surface area contributed by atoms with Crippen LogP contribution in [0.5, 0.6) is 0 Å². The van der Waals surface area contributed by atoms with Gasteiger partial charge in [0.05, 0.1) is 0 Å². The number of ether oxygens (including phenoxy) is 1. The average molecular weight is 236 g/mol. The zero-order valence-electron chi connectivity index (χ0n) is 8.72. The second kappa shape index (κ2) is 5.30. The summed E-state index contributed by atoms with van der Waals surface area (Å²) in [5.41, 5.74) is 0.660. The zero-order valence-corrected chi connectivity index (χ0v) is 8.72. The van der Waals surface area contributed by atoms with Gasteiger partial charge in [0, 0.05) is 7.11 Å². The van der Waals surface area contributed by atoms with Crippen LogP contribution in [-0.4, -0.2) is 19.4 Å². The molecule has 0 aliphatic heterocycles. The molecule has 1 rings (SSSR count).